The van der Waals surface area contributed by atoms with E-state index >= 15 is 0 Å². The molecule has 2 rings (SSSR count). The van der Waals surface area contributed by atoms with Gasteiger partial charge in [0.1, 0.15) is 0 Å². The number of aromatic amines is 1. The van der Waals surface area contributed by atoms with Crippen LogP contribution in [0.25, 0.3) is 0 Å². The Kier molecular flexibility index (Phi) is 3.18. The van der Waals surface area contributed by atoms with Gasteiger partial charge >= 0.3 is 12.3 Å². The minimum atomic E-state index is -4.51. The first-order valence-corrected chi connectivity index (χ1v) is 5.48. The number of rotatable bonds is 1. The molecule has 0 unspecified atom stereocenters. The summed E-state index contributed by atoms with van der Waals surface area (Å²) >= 11 is 0. The van der Waals surface area contributed by atoms with E-state index in [1.165, 1.54) is 4.90 Å². The second-order valence-corrected chi connectivity index (χ2v) is 3.90. The second kappa shape index (κ2) is 4.51. The second-order valence-electron chi connectivity index (χ2n) is 3.90. The minimum Gasteiger partial charge on any atom is -0.450 e. The first-order chi connectivity index (χ1) is 8.43. The number of carbonyl (C=O) groups excluding carboxylic acids is 1. The number of fused-ring (bicyclic) bond motifs is 1. The van der Waals surface area contributed by atoms with Crippen molar-refractivity contribution in [1.29, 1.82) is 0 Å². The third kappa shape index (κ3) is 2.27. The van der Waals surface area contributed by atoms with Gasteiger partial charge in [-0.3, -0.25) is 5.10 Å². The average molecular weight is 263 g/mol. The van der Waals surface area contributed by atoms with Crippen molar-refractivity contribution >= 4 is 6.09 Å². The summed E-state index contributed by atoms with van der Waals surface area (Å²) in [6.07, 6.45) is -4.80. The van der Waals surface area contributed by atoms with E-state index in [2.05, 4.69) is 10.2 Å². The summed E-state index contributed by atoms with van der Waals surface area (Å²) in [7, 11) is 0. The lowest BCUT2D eigenvalue weighted by atomic mass is 10.1. The number of halogens is 3. The highest BCUT2D eigenvalue weighted by Gasteiger charge is 2.39. The van der Waals surface area contributed by atoms with Crippen molar-refractivity contribution in [2.24, 2.45) is 0 Å². The molecule has 0 bridgehead atoms. The molecule has 1 aliphatic rings. The van der Waals surface area contributed by atoms with E-state index in [9.17, 15) is 18.0 Å². The van der Waals surface area contributed by atoms with E-state index in [4.69, 9.17) is 4.74 Å². The van der Waals surface area contributed by atoms with Gasteiger partial charge in [-0.25, -0.2) is 4.79 Å². The van der Waals surface area contributed by atoms with Crippen molar-refractivity contribution in [3.8, 4) is 0 Å². The third-order valence-electron chi connectivity index (χ3n) is 2.73. The standard InChI is InChI=1S/C10H12F3N3O2/c1-2-18-9(17)16-4-3-7-6(5-16)8(15-14-7)10(11,12)13/h2-5H2,1H3,(H,14,15). The number of aromatic nitrogens is 2. The quantitative estimate of drug-likeness (QED) is 0.842. The zero-order valence-corrected chi connectivity index (χ0v) is 9.67. The molecule has 0 aromatic carbocycles. The molecular formula is C10H12F3N3O2. The number of hydrogen-bond acceptors (Lipinski definition) is 3. The number of alkyl halides is 3. The van der Waals surface area contributed by atoms with Gasteiger partial charge in [-0.2, -0.15) is 18.3 Å². The van der Waals surface area contributed by atoms with E-state index in [1.807, 2.05) is 0 Å². The van der Waals surface area contributed by atoms with Crippen molar-refractivity contribution in [3.63, 3.8) is 0 Å². The molecule has 0 atom stereocenters. The number of H-pyrrole nitrogens is 1. The van der Waals surface area contributed by atoms with Gasteiger partial charge in [0.05, 0.1) is 13.2 Å². The first-order valence-electron chi connectivity index (χ1n) is 5.48. The maximum absolute atomic E-state index is 12.7. The molecule has 1 aliphatic heterocycles. The first kappa shape index (κ1) is 12.7. The Morgan fingerprint density at radius 2 is 2.28 bits per heavy atom. The minimum absolute atomic E-state index is 0.0294. The van der Waals surface area contributed by atoms with Gasteiger partial charge in [-0.05, 0) is 6.92 Å². The Morgan fingerprint density at radius 1 is 1.56 bits per heavy atom. The number of ether oxygens (including phenoxy) is 1. The van der Waals surface area contributed by atoms with Crippen LogP contribution in [0.5, 0.6) is 0 Å². The topological polar surface area (TPSA) is 58.2 Å². The van der Waals surface area contributed by atoms with Gasteiger partial charge in [-0.1, -0.05) is 0 Å². The number of amides is 1. The van der Waals surface area contributed by atoms with Gasteiger partial charge < -0.3 is 9.64 Å². The smallest absolute Gasteiger partial charge is 0.435 e. The average Bonchev–Trinajstić information content (AvgIpc) is 2.71. The number of carbonyl (C=O) groups is 1. The predicted molar refractivity (Wildman–Crippen MR) is 54.7 cm³/mol. The molecule has 1 N–H and O–H groups in total. The fourth-order valence-corrected chi connectivity index (χ4v) is 1.90. The molecule has 0 saturated carbocycles. The summed E-state index contributed by atoms with van der Waals surface area (Å²) in [6, 6.07) is 0. The zero-order chi connectivity index (χ0) is 13.3. The van der Waals surface area contributed by atoms with E-state index < -0.39 is 18.0 Å². The molecule has 0 fully saturated rings. The van der Waals surface area contributed by atoms with Crippen LogP contribution in [0.15, 0.2) is 0 Å². The monoisotopic (exact) mass is 263 g/mol. The van der Waals surface area contributed by atoms with E-state index in [-0.39, 0.29) is 18.7 Å². The van der Waals surface area contributed by atoms with E-state index in [0.29, 0.717) is 18.7 Å². The summed E-state index contributed by atoms with van der Waals surface area (Å²) < 4.78 is 42.8. The Labute approximate surface area is 101 Å². The highest BCUT2D eigenvalue weighted by Crippen LogP contribution is 2.33. The Morgan fingerprint density at radius 3 is 2.89 bits per heavy atom. The molecule has 0 radical (unpaired) electrons. The largest absolute Gasteiger partial charge is 0.450 e. The molecule has 0 saturated heterocycles. The summed E-state index contributed by atoms with van der Waals surface area (Å²) in [6.45, 7) is 2.04. The fourth-order valence-electron chi connectivity index (χ4n) is 1.90. The van der Waals surface area contributed by atoms with Crippen LogP contribution in [-0.2, 0) is 23.9 Å². The van der Waals surface area contributed by atoms with Crippen molar-refractivity contribution in [2.75, 3.05) is 13.2 Å². The molecule has 5 nitrogen and oxygen atoms in total. The van der Waals surface area contributed by atoms with Crippen LogP contribution < -0.4 is 0 Å². The summed E-state index contributed by atoms with van der Waals surface area (Å²) in [5.41, 5.74) is -0.490. The molecule has 1 aromatic heterocycles. The highest BCUT2D eigenvalue weighted by atomic mass is 19.4. The molecule has 0 aliphatic carbocycles. The zero-order valence-electron chi connectivity index (χ0n) is 9.67. The van der Waals surface area contributed by atoms with Crippen LogP contribution in [0.2, 0.25) is 0 Å². The van der Waals surface area contributed by atoms with Crippen molar-refractivity contribution < 1.29 is 22.7 Å². The maximum Gasteiger partial charge on any atom is 0.435 e. The lowest BCUT2D eigenvalue weighted by Gasteiger charge is -2.26. The summed E-state index contributed by atoms with van der Waals surface area (Å²) in [5.74, 6) is 0. The Hall–Kier alpha value is -1.73. The van der Waals surface area contributed by atoms with Crippen LogP contribution in [0.4, 0.5) is 18.0 Å². The Bertz CT molecular complexity index is 456. The summed E-state index contributed by atoms with van der Waals surface area (Å²) in [4.78, 5) is 12.7. The molecule has 18 heavy (non-hydrogen) atoms. The molecule has 0 spiro atoms. The van der Waals surface area contributed by atoms with E-state index in [0.717, 1.165) is 0 Å². The van der Waals surface area contributed by atoms with Gasteiger partial charge in [0.2, 0.25) is 0 Å². The van der Waals surface area contributed by atoms with Crippen LogP contribution in [0.1, 0.15) is 23.9 Å². The predicted octanol–water partition coefficient (Wildman–Crippen LogP) is 1.94. The van der Waals surface area contributed by atoms with Crippen LogP contribution >= 0.6 is 0 Å². The van der Waals surface area contributed by atoms with Gasteiger partial charge in [0.15, 0.2) is 5.69 Å². The summed E-state index contributed by atoms with van der Waals surface area (Å²) in [5, 5.41) is 5.66. The SMILES string of the molecule is CCOC(=O)N1CCc2[nH]nc(C(F)(F)F)c2C1. The molecule has 1 aromatic rings. The highest BCUT2D eigenvalue weighted by molar-refractivity contribution is 5.68. The van der Waals surface area contributed by atoms with Gasteiger partial charge in [-0.15, -0.1) is 0 Å². The molecule has 2 heterocycles. The van der Waals surface area contributed by atoms with Crippen molar-refractivity contribution in [2.45, 2.75) is 26.1 Å². The third-order valence-corrected chi connectivity index (χ3v) is 2.73. The maximum atomic E-state index is 12.7. The lowest BCUT2D eigenvalue weighted by molar-refractivity contribution is -0.142. The number of nitrogens with zero attached hydrogens (tertiary/aromatic N) is 2. The Balaban J connectivity index is 2.22. The molecule has 100 valence electrons. The lowest BCUT2D eigenvalue weighted by Crippen LogP contribution is -2.36. The van der Waals surface area contributed by atoms with Gasteiger partial charge in [0, 0.05) is 24.2 Å². The molecule has 8 heteroatoms. The van der Waals surface area contributed by atoms with Crippen molar-refractivity contribution in [3.05, 3.63) is 17.0 Å². The normalized spacial score (nSPS) is 15.4. The van der Waals surface area contributed by atoms with Crippen molar-refractivity contribution in [1.82, 2.24) is 15.1 Å². The van der Waals surface area contributed by atoms with Gasteiger partial charge in [0.25, 0.3) is 0 Å². The van der Waals surface area contributed by atoms with Crippen LogP contribution in [-0.4, -0.2) is 34.3 Å². The molecular weight excluding hydrogens is 251 g/mol. The van der Waals surface area contributed by atoms with Crippen LogP contribution in [0, 0.1) is 0 Å². The van der Waals surface area contributed by atoms with E-state index in [1.54, 1.807) is 6.92 Å². The molecule has 1 amide bonds. The fraction of sp³-hybridized carbons (Fsp3) is 0.600. The number of hydrogen-bond donors (Lipinski definition) is 1. The number of nitrogens with one attached hydrogen (secondary N) is 1. The van der Waals surface area contributed by atoms with Crippen LogP contribution in [0.3, 0.4) is 0 Å².